The largest absolute Gasteiger partial charge is 0.322 e. The minimum Gasteiger partial charge on any atom is -0.322 e. The third kappa shape index (κ3) is 4.80. The Morgan fingerprint density at radius 3 is 2.53 bits per heavy atom. The summed E-state index contributed by atoms with van der Waals surface area (Å²) in [5.41, 5.74) is -0.0192. The van der Waals surface area contributed by atoms with Crippen molar-refractivity contribution < 1.29 is 18.1 Å². The third-order valence-electron chi connectivity index (χ3n) is 5.26. The number of carbonyl (C=O) groups excluding carboxylic acids is 1. The molecule has 0 bridgehead atoms. The minimum absolute atomic E-state index is 0.0327. The molecule has 8 nitrogen and oxygen atoms in total. The molecule has 1 aliphatic rings. The zero-order chi connectivity index (χ0) is 21.9. The molecule has 1 amide bonds. The van der Waals surface area contributed by atoms with Crippen LogP contribution in [-0.4, -0.2) is 36.6 Å². The molecule has 10 heteroatoms. The molecule has 3 rings (SSSR count). The first-order chi connectivity index (χ1) is 14.2. The fraction of sp³-hybridized carbons (Fsp3) is 0.350. The number of nitrogens with zero attached hydrogens (tertiary/aromatic N) is 2. The Balaban J connectivity index is 1.81. The molecule has 160 valence electrons. The second-order valence-electron chi connectivity index (χ2n) is 7.22. The summed E-state index contributed by atoms with van der Waals surface area (Å²) in [6.07, 6.45) is 4.76. The van der Waals surface area contributed by atoms with Gasteiger partial charge in [-0.3, -0.25) is 14.9 Å². The van der Waals surface area contributed by atoms with Crippen LogP contribution in [-0.2, 0) is 10.0 Å². The van der Waals surface area contributed by atoms with Crippen molar-refractivity contribution in [1.29, 1.82) is 0 Å². The quantitative estimate of drug-likeness (QED) is 0.515. The minimum atomic E-state index is -3.74. The van der Waals surface area contributed by atoms with Crippen molar-refractivity contribution in [3.8, 4) is 0 Å². The molecule has 0 atom stereocenters. The fourth-order valence-electron chi connectivity index (χ4n) is 3.54. The van der Waals surface area contributed by atoms with E-state index in [-0.39, 0.29) is 32.9 Å². The predicted molar refractivity (Wildman–Crippen MR) is 114 cm³/mol. The third-order valence-corrected chi connectivity index (χ3v) is 7.49. The number of nitro groups is 1. The van der Waals surface area contributed by atoms with Gasteiger partial charge in [-0.05, 0) is 43.2 Å². The molecular weight excluding hydrogens is 430 g/mol. The van der Waals surface area contributed by atoms with Crippen LogP contribution in [0.2, 0.25) is 5.02 Å². The maximum Gasteiger partial charge on any atom is 0.289 e. The van der Waals surface area contributed by atoms with E-state index in [1.54, 1.807) is 7.05 Å². The molecule has 1 aliphatic carbocycles. The molecule has 0 spiro atoms. The van der Waals surface area contributed by atoms with Gasteiger partial charge in [0, 0.05) is 30.4 Å². The number of halogens is 1. The first kappa shape index (κ1) is 22.2. The van der Waals surface area contributed by atoms with Crippen LogP contribution in [0.25, 0.3) is 0 Å². The summed E-state index contributed by atoms with van der Waals surface area (Å²) in [6.45, 7) is 0. The van der Waals surface area contributed by atoms with Crippen LogP contribution in [0, 0.1) is 10.1 Å². The van der Waals surface area contributed by atoms with Crippen LogP contribution in [0.5, 0.6) is 0 Å². The molecule has 1 N–H and O–H groups in total. The number of nitrogens with one attached hydrogen (secondary N) is 1. The van der Waals surface area contributed by atoms with E-state index in [1.807, 2.05) is 0 Å². The van der Waals surface area contributed by atoms with Gasteiger partial charge in [-0.1, -0.05) is 36.9 Å². The zero-order valence-electron chi connectivity index (χ0n) is 16.4. The van der Waals surface area contributed by atoms with Gasteiger partial charge < -0.3 is 5.32 Å². The van der Waals surface area contributed by atoms with Gasteiger partial charge in [0.1, 0.15) is 5.02 Å². The van der Waals surface area contributed by atoms with Crippen LogP contribution in [0.3, 0.4) is 0 Å². The highest BCUT2D eigenvalue weighted by atomic mass is 35.5. The van der Waals surface area contributed by atoms with Crippen LogP contribution in [0.15, 0.2) is 47.4 Å². The zero-order valence-corrected chi connectivity index (χ0v) is 17.9. The predicted octanol–water partition coefficient (Wildman–Crippen LogP) is 4.45. The van der Waals surface area contributed by atoms with Gasteiger partial charge in [0.2, 0.25) is 10.0 Å². The van der Waals surface area contributed by atoms with Gasteiger partial charge in [0.25, 0.3) is 11.6 Å². The van der Waals surface area contributed by atoms with Gasteiger partial charge in [0.15, 0.2) is 0 Å². The van der Waals surface area contributed by atoms with Crippen molar-refractivity contribution in [3.63, 3.8) is 0 Å². The molecule has 0 aliphatic heterocycles. The SMILES string of the molecule is CN(C1CCCCC1)S(=O)(=O)c1cccc(C(=O)Nc2ccc(Cl)c([N+](=O)[O-])c2)c1. The molecule has 1 saturated carbocycles. The number of amides is 1. The van der Waals surface area contributed by atoms with E-state index >= 15 is 0 Å². The van der Waals surface area contributed by atoms with Crippen molar-refractivity contribution in [2.24, 2.45) is 0 Å². The average molecular weight is 452 g/mol. The number of carbonyl (C=O) groups is 1. The van der Waals surface area contributed by atoms with Crippen molar-refractivity contribution in [2.45, 2.75) is 43.0 Å². The summed E-state index contributed by atoms with van der Waals surface area (Å²) in [5.74, 6) is -0.580. The lowest BCUT2D eigenvalue weighted by molar-refractivity contribution is -0.384. The van der Waals surface area contributed by atoms with E-state index < -0.39 is 20.9 Å². The molecule has 0 aromatic heterocycles. The molecule has 30 heavy (non-hydrogen) atoms. The summed E-state index contributed by atoms with van der Waals surface area (Å²) in [4.78, 5) is 23.0. The Hall–Kier alpha value is -2.49. The van der Waals surface area contributed by atoms with E-state index in [0.717, 1.165) is 38.2 Å². The van der Waals surface area contributed by atoms with Crippen molar-refractivity contribution in [3.05, 3.63) is 63.2 Å². The summed E-state index contributed by atoms with van der Waals surface area (Å²) < 4.78 is 27.4. The lowest BCUT2D eigenvalue weighted by atomic mass is 9.96. The molecule has 0 heterocycles. The van der Waals surface area contributed by atoms with Gasteiger partial charge in [-0.2, -0.15) is 4.31 Å². The first-order valence-electron chi connectivity index (χ1n) is 9.53. The second-order valence-corrected chi connectivity index (χ2v) is 9.62. The van der Waals surface area contributed by atoms with Gasteiger partial charge in [-0.15, -0.1) is 0 Å². The fourth-order valence-corrected chi connectivity index (χ4v) is 5.19. The lowest BCUT2D eigenvalue weighted by Crippen LogP contribution is -2.38. The average Bonchev–Trinajstić information content (AvgIpc) is 2.75. The number of anilines is 1. The lowest BCUT2D eigenvalue weighted by Gasteiger charge is -2.30. The van der Waals surface area contributed by atoms with E-state index in [9.17, 15) is 23.3 Å². The number of hydrogen-bond acceptors (Lipinski definition) is 5. The molecule has 0 radical (unpaired) electrons. The highest BCUT2D eigenvalue weighted by Crippen LogP contribution is 2.29. The van der Waals surface area contributed by atoms with Crippen molar-refractivity contribution in [2.75, 3.05) is 12.4 Å². The van der Waals surface area contributed by atoms with Crippen molar-refractivity contribution in [1.82, 2.24) is 4.31 Å². The maximum atomic E-state index is 13.0. The van der Waals surface area contributed by atoms with E-state index in [4.69, 9.17) is 11.6 Å². The Kier molecular flexibility index (Phi) is 6.74. The van der Waals surface area contributed by atoms with Crippen LogP contribution < -0.4 is 5.32 Å². The molecule has 2 aromatic rings. The second kappa shape index (κ2) is 9.11. The highest BCUT2D eigenvalue weighted by Gasteiger charge is 2.29. The monoisotopic (exact) mass is 451 g/mol. The Morgan fingerprint density at radius 1 is 1.17 bits per heavy atom. The topological polar surface area (TPSA) is 110 Å². The summed E-state index contributed by atoms with van der Waals surface area (Å²) >= 11 is 5.78. The summed E-state index contributed by atoms with van der Waals surface area (Å²) in [6, 6.07) is 9.61. The number of rotatable bonds is 6. The molecule has 0 saturated heterocycles. The van der Waals surface area contributed by atoms with Crippen molar-refractivity contribution >= 4 is 38.9 Å². The van der Waals surface area contributed by atoms with E-state index in [1.165, 1.54) is 40.7 Å². The van der Waals surface area contributed by atoms with Gasteiger partial charge >= 0.3 is 0 Å². The number of hydrogen-bond donors (Lipinski definition) is 1. The Labute approximate surface area is 180 Å². The van der Waals surface area contributed by atoms with E-state index in [2.05, 4.69) is 5.32 Å². The molecular formula is C20H22ClN3O5S. The molecule has 1 fully saturated rings. The number of benzene rings is 2. The van der Waals surface area contributed by atoms with Crippen LogP contribution >= 0.6 is 11.6 Å². The van der Waals surface area contributed by atoms with Crippen LogP contribution in [0.4, 0.5) is 11.4 Å². The maximum absolute atomic E-state index is 13.0. The van der Waals surface area contributed by atoms with E-state index in [0.29, 0.717) is 0 Å². The molecule has 2 aromatic carbocycles. The van der Waals surface area contributed by atoms with Gasteiger partial charge in [-0.25, -0.2) is 8.42 Å². The smallest absolute Gasteiger partial charge is 0.289 e. The summed E-state index contributed by atoms with van der Waals surface area (Å²) in [7, 11) is -2.17. The van der Waals surface area contributed by atoms with Crippen LogP contribution in [0.1, 0.15) is 42.5 Å². The Morgan fingerprint density at radius 2 is 1.87 bits per heavy atom. The molecule has 0 unspecified atom stereocenters. The summed E-state index contributed by atoms with van der Waals surface area (Å²) in [5, 5.41) is 13.5. The standard InChI is InChI=1S/C20H22ClN3O5S/c1-23(16-7-3-2-4-8-16)30(28,29)17-9-5-6-14(12-17)20(25)22-15-10-11-18(21)19(13-15)24(26)27/h5-6,9-13,16H,2-4,7-8H2,1H3,(H,22,25). The number of nitro benzene ring substituents is 1. The van der Waals surface area contributed by atoms with Gasteiger partial charge in [0.05, 0.1) is 9.82 Å². The normalized spacial score (nSPS) is 15.2. The number of sulfonamides is 1. The Bertz CT molecular complexity index is 1070. The highest BCUT2D eigenvalue weighted by molar-refractivity contribution is 7.89. The first-order valence-corrected chi connectivity index (χ1v) is 11.4.